The van der Waals surface area contributed by atoms with Crippen molar-refractivity contribution in [1.29, 1.82) is 0 Å². The first-order valence-electron chi connectivity index (χ1n) is 4.11. The second-order valence-electron chi connectivity index (χ2n) is 2.13. The van der Waals surface area contributed by atoms with Gasteiger partial charge in [0.25, 0.3) is 10.5 Å². The van der Waals surface area contributed by atoms with Gasteiger partial charge in [-0.1, -0.05) is 32.0 Å². The van der Waals surface area contributed by atoms with Crippen LogP contribution in [0.3, 0.4) is 0 Å². The van der Waals surface area contributed by atoms with Gasteiger partial charge in [-0.2, -0.15) is 0 Å². The lowest BCUT2D eigenvalue weighted by Gasteiger charge is -1.95. The van der Waals surface area contributed by atoms with Crippen LogP contribution in [0.2, 0.25) is 0 Å². The second-order valence-corrected chi connectivity index (χ2v) is 2.81. The molecule has 0 bridgehead atoms. The first-order chi connectivity index (χ1) is 6.61. The van der Waals surface area contributed by atoms with Crippen LogP contribution in [0.25, 0.3) is 0 Å². The Morgan fingerprint density at radius 1 is 1.00 bits per heavy atom. The average molecular weight is 233 g/mol. The van der Waals surface area contributed by atoms with Crippen LogP contribution in [0.4, 0.5) is 0 Å². The molecule has 0 radical (unpaired) electrons. The molecular weight excluding hydrogens is 223 g/mol. The minimum Gasteiger partial charge on any atom is -0.276 e. The number of carbonyl (C=O) groups excluding carboxylic acids is 2. The fourth-order valence-electron chi connectivity index (χ4n) is 0.764. The molecule has 0 aliphatic heterocycles. The van der Waals surface area contributed by atoms with Crippen LogP contribution in [-0.2, 0) is 0 Å². The molecule has 1 aromatic rings. The maximum atomic E-state index is 10.6. The molecule has 0 atom stereocenters. The number of benzene rings is 1. The van der Waals surface area contributed by atoms with Crippen LogP contribution >= 0.6 is 23.2 Å². The normalized spacial score (nSPS) is 8.57. The summed E-state index contributed by atoms with van der Waals surface area (Å²) in [6.45, 7) is 4.00. The molecule has 0 aliphatic rings. The minimum absolute atomic E-state index is 0.267. The fraction of sp³-hybridized carbons (Fsp3) is 0.200. The molecule has 0 aromatic heterocycles. The average Bonchev–Trinajstić information content (AvgIpc) is 2.21. The fourth-order valence-corrected chi connectivity index (χ4v) is 0.999. The molecule has 14 heavy (non-hydrogen) atoms. The van der Waals surface area contributed by atoms with Gasteiger partial charge in [-0.05, 0) is 29.3 Å². The quantitative estimate of drug-likeness (QED) is 0.733. The summed E-state index contributed by atoms with van der Waals surface area (Å²) < 4.78 is 0. The lowest BCUT2D eigenvalue weighted by Crippen LogP contribution is -1.93. The molecule has 0 spiro atoms. The van der Waals surface area contributed by atoms with E-state index in [1.807, 2.05) is 13.8 Å². The van der Waals surface area contributed by atoms with Gasteiger partial charge in [-0.15, -0.1) is 0 Å². The zero-order valence-corrected chi connectivity index (χ0v) is 9.39. The molecule has 0 unspecified atom stereocenters. The summed E-state index contributed by atoms with van der Waals surface area (Å²) in [5, 5.41) is -1.20. The van der Waals surface area contributed by atoms with Crippen LogP contribution in [0.5, 0.6) is 0 Å². The molecule has 1 aromatic carbocycles. The maximum absolute atomic E-state index is 10.6. The third-order valence-electron chi connectivity index (χ3n) is 1.32. The molecule has 0 saturated carbocycles. The van der Waals surface area contributed by atoms with Gasteiger partial charge in [0.05, 0.1) is 0 Å². The summed E-state index contributed by atoms with van der Waals surface area (Å²) >= 11 is 10.4. The smallest absolute Gasteiger partial charge is 0.252 e. The van der Waals surface area contributed by atoms with Crippen molar-refractivity contribution < 1.29 is 9.59 Å². The van der Waals surface area contributed by atoms with Gasteiger partial charge in [0.15, 0.2) is 0 Å². The predicted octanol–water partition coefficient (Wildman–Crippen LogP) is 3.47. The topological polar surface area (TPSA) is 34.1 Å². The molecular formula is C10H10Cl2O2. The molecule has 0 heterocycles. The number of rotatable bonds is 2. The maximum Gasteiger partial charge on any atom is 0.252 e. The first-order valence-corrected chi connectivity index (χ1v) is 4.86. The lowest BCUT2D eigenvalue weighted by molar-refractivity contribution is 0.108. The predicted molar refractivity (Wildman–Crippen MR) is 58.2 cm³/mol. The number of carbonyl (C=O) groups is 2. The molecule has 0 saturated heterocycles. The van der Waals surface area contributed by atoms with Crippen molar-refractivity contribution in [3.05, 3.63) is 35.4 Å². The highest BCUT2D eigenvalue weighted by atomic mass is 35.5. The van der Waals surface area contributed by atoms with Crippen molar-refractivity contribution in [2.24, 2.45) is 0 Å². The number of halogens is 2. The zero-order chi connectivity index (χ0) is 11.1. The Kier molecular flexibility index (Phi) is 6.17. The van der Waals surface area contributed by atoms with Crippen molar-refractivity contribution in [2.75, 3.05) is 0 Å². The second kappa shape index (κ2) is 6.57. The summed E-state index contributed by atoms with van der Waals surface area (Å²) in [5.41, 5.74) is 0.534. The minimum atomic E-state index is -0.602. The van der Waals surface area contributed by atoms with Gasteiger partial charge in [0.2, 0.25) is 0 Å². The van der Waals surface area contributed by atoms with Crippen LogP contribution < -0.4 is 0 Å². The Bertz CT molecular complexity index is 305. The summed E-state index contributed by atoms with van der Waals surface area (Å²) in [6, 6.07) is 5.92. The van der Waals surface area contributed by atoms with E-state index in [-0.39, 0.29) is 11.1 Å². The van der Waals surface area contributed by atoms with E-state index in [0.717, 1.165) is 0 Å². The monoisotopic (exact) mass is 232 g/mol. The third kappa shape index (κ3) is 3.90. The molecule has 1 rings (SSSR count). The third-order valence-corrected chi connectivity index (χ3v) is 1.75. The highest BCUT2D eigenvalue weighted by Gasteiger charge is 2.05. The number of hydrogen-bond donors (Lipinski definition) is 0. The van der Waals surface area contributed by atoms with Gasteiger partial charge in [0.1, 0.15) is 0 Å². The summed E-state index contributed by atoms with van der Waals surface area (Å²) in [5.74, 6) is 0. The summed E-state index contributed by atoms with van der Waals surface area (Å²) in [4.78, 5) is 21.3. The Hall–Kier alpha value is -0.860. The van der Waals surface area contributed by atoms with Gasteiger partial charge in [-0.3, -0.25) is 9.59 Å². The van der Waals surface area contributed by atoms with E-state index in [1.165, 1.54) is 18.2 Å². The molecule has 2 nitrogen and oxygen atoms in total. The van der Waals surface area contributed by atoms with Crippen molar-refractivity contribution >= 4 is 33.7 Å². The van der Waals surface area contributed by atoms with Crippen LogP contribution in [0, 0.1) is 0 Å². The Morgan fingerprint density at radius 3 is 1.64 bits per heavy atom. The Morgan fingerprint density at radius 2 is 1.36 bits per heavy atom. The molecule has 0 fully saturated rings. The van der Waals surface area contributed by atoms with Gasteiger partial charge in [0, 0.05) is 11.1 Å². The molecule has 0 amide bonds. The van der Waals surface area contributed by atoms with E-state index >= 15 is 0 Å². The van der Waals surface area contributed by atoms with E-state index in [2.05, 4.69) is 0 Å². The van der Waals surface area contributed by atoms with Gasteiger partial charge in [-0.25, -0.2) is 0 Å². The first kappa shape index (κ1) is 13.1. The lowest BCUT2D eigenvalue weighted by atomic mass is 10.1. The van der Waals surface area contributed by atoms with E-state index in [0.29, 0.717) is 0 Å². The van der Waals surface area contributed by atoms with Crippen molar-refractivity contribution in [2.45, 2.75) is 13.8 Å². The molecule has 0 N–H and O–H groups in total. The van der Waals surface area contributed by atoms with Crippen LogP contribution in [0.1, 0.15) is 34.6 Å². The summed E-state index contributed by atoms with van der Waals surface area (Å²) in [7, 11) is 0. The van der Waals surface area contributed by atoms with Crippen LogP contribution in [-0.4, -0.2) is 10.5 Å². The van der Waals surface area contributed by atoms with Gasteiger partial charge < -0.3 is 0 Å². The van der Waals surface area contributed by atoms with Crippen molar-refractivity contribution in [3.63, 3.8) is 0 Å². The van der Waals surface area contributed by atoms with E-state index in [4.69, 9.17) is 23.2 Å². The molecule has 0 aliphatic carbocycles. The SMILES string of the molecule is CC.O=C(Cl)c1cccc(C(=O)Cl)c1. The van der Waals surface area contributed by atoms with Crippen LogP contribution in [0.15, 0.2) is 24.3 Å². The van der Waals surface area contributed by atoms with E-state index < -0.39 is 10.5 Å². The van der Waals surface area contributed by atoms with E-state index in [9.17, 15) is 9.59 Å². The Balaban J connectivity index is 0.000000791. The largest absolute Gasteiger partial charge is 0.276 e. The standard InChI is InChI=1S/C8H4Cl2O2.C2H6/c9-7(11)5-2-1-3-6(4-5)8(10)12;1-2/h1-4H;1-2H3. The number of hydrogen-bond acceptors (Lipinski definition) is 2. The summed E-state index contributed by atoms with van der Waals surface area (Å²) in [6.07, 6.45) is 0. The highest BCUT2D eigenvalue weighted by Crippen LogP contribution is 2.09. The van der Waals surface area contributed by atoms with Crippen molar-refractivity contribution in [1.82, 2.24) is 0 Å². The molecule has 4 heteroatoms. The van der Waals surface area contributed by atoms with Crippen molar-refractivity contribution in [3.8, 4) is 0 Å². The van der Waals surface area contributed by atoms with E-state index in [1.54, 1.807) is 6.07 Å². The van der Waals surface area contributed by atoms with Gasteiger partial charge >= 0.3 is 0 Å². The Labute approximate surface area is 92.8 Å². The zero-order valence-electron chi connectivity index (χ0n) is 7.88. The highest BCUT2D eigenvalue weighted by molar-refractivity contribution is 6.69. The molecule has 76 valence electrons.